The lowest BCUT2D eigenvalue weighted by molar-refractivity contribution is 0.0988. The van der Waals surface area contributed by atoms with Crippen molar-refractivity contribution in [2.24, 2.45) is 9.98 Å². The molecule has 0 N–H and O–H groups in total. The van der Waals surface area contributed by atoms with E-state index in [1.165, 1.54) is 12.1 Å². The summed E-state index contributed by atoms with van der Waals surface area (Å²) in [5, 5.41) is 0. The smallest absolute Gasteiger partial charge is 0.277 e. The van der Waals surface area contributed by atoms with E-state index in [0.29, 0.717) is 26.8 Å². The minimum Gasteiger partial charge on any atom is -0.281 e. The van der Waals surface area contributed by atoms with Crippen LogP contribution in [0.1, 0.15) is 41.4 Å². The Balaban J connectivity index is 2.35. The minimum atomic E-state index is -0.731. The van der Waals surface area contributed by atoms with Gasteiger partial charge < -0.3 is 0 Å². The highest BCUT2D eigenvalue weighted by atomic mass is 79.9. The van der Waals surface area contributed by atoms with Crippen molar-refractivity contribution in [3.8, 4) is 0 Å². The summed E-state index contributed by atoms with van der Waals surface area (Å²) in [6.07, 6.45) is 2.04. The van der Waals surface area contributed by atoms with Gasteiger partial charge in [0.25, 0.3) is 11.8 Å². The average molecular weight is 951 g/mol. The number of halogens is 8. The Morgan fingerprint density at radius 3 is 1.19 bits per heavy atom. The van der Waals surface area contributed by atoms with Crippen molar-refractivity contribution in [1.29, 1.82) is 0 Å². The van der Waals surface area contributed by atoms with E-state index in [1.807, 2.05) is 0 Å². The van der Waals surface area contributed by atoms with Crippen LogP contribution >= 0.6 is 127 Å². The molecule has 2 rings (SSSR count). The molecule has 0 aromatic heterocycles. The van der Waals surface area contributed by atoms with E-state index in [4.69, 9.17) is 0 Å². The summed E-state index contributed by atoms with van der Waals surface area (Å²) >= 11 is 25.4. The third-order valence-electron chi connectivity index (χ3n) is 3.63. The third-order valence-corrected chi connectivity index (χ3v) is 11.0. The molecule has 0 spiro atoms. The first-order valence-corrected chi connectivity index (χ1v) is 14.1. The maximum atomic E-state index is 12.5. The van der Waals surface area contributed by atoms with Crippen LogP contribution in [-0.2, 0) is 0 Å². The molecule has 0 atom stereocenters. The standard InChI is InChI=1S/C18H4Br8N2O4/c19-7-3-5(9(15(25)29)13(23)11(7)21)17(31)27-1-2-28-18(32)6-4-8(20)12(22)14(24)10(6)16(26)30/h1-4H. The molecule has 166 valence electrons. The second-order valence-electron chi connectivity index (χ2n) is 5.53. The lowest BCUT2D eigenvalue weighted by Gasteiger charge is -2.09. The first-order valence-electron chi connectivity index (χ1n) is 7.78. The van der Waals surface area contributed by atoms with Gasteiger partial charge in [0.2, 0.25) is 9.39 Å². The Labute approximate surface area is 248 Å². The largest absolute Gasteiger partial charge is 0.281 e. The van der Waals surface area contributed by atoms with Gasteiger partial charge in [0.05, 0.1) is 22.3 Å². The van der Waals surface area contributed by atoms with Crippen molar-refractivity contribution in [3.63, 3.8) is 0 Å². The molecule has 0 heterocycles. The summed E-state index contributed by atoms with van der Waals surface area (Å²) in [5.41, 5.74) is 0.219. The number of hydrogen-bond donors (Lipinski definition) is 0. The van der Waals surface area contributed by atoms with E-state index >= 15 is 0 Å². The third kappa shape index (κ3) is 6.49. The Kier molecular flexibility index (Phi) is 11.0. The predicted octanol–water partition coefficient (Wildman–Crippen LogP) is 8.45. The molecule has 2 amide bonds. The highest BCUT2D eigenvalue weighted by molar-refractivity contribution is 9.19. The van der Waals surface area contributed by atoms with Crippen LogP contribution in [0.3, 0.4) is 0 Å². The quantitative estimate of drug-likeness (QED) is 0.171. The molecule has 0 saturated carbocycles. The number of benzene rings is 2. The molecule has 0 aliphatic carbocycles. The van der Waals surface area contributed by atoms with Crippen molar-refractivity contribution in [2.45, 2.75) is 0 Å². The van der Waals surface area contributed by atoms with Crippen LogP contribution in [0, 0.1) is 0 Å². The van der Waals surface area contributed by atoms with Crippen molar-refractivity contribution in [2.75, 3.05) is 0 Å². The number of amides is 2. The van der Waals surface area contributed by atoms with Crippen molar-refractivity contribution >= 4 is 161 Å². The molecule has 14 heteroatoms. The van der Waals surface area contributed by atoms with Gasteiger partial charge in [-0.1, -0.05) is 0 Å². The van der Waals surface area contributed by atoms with Gasteiger partial charge in [-0.25, -0.2) is 9.98 Å². The predicted molar refractivity (Wildman–Crippen MR) is 151 cm³/mol. The zero-order valence-electron chi connectivity index (χ0n) is 14.9. The molecule has 0 aliphatic heterocycles. The second-order valence-corrected chi connectivity index (χ2v) is 11.9. The van der Waals surface area contributed by atoms with Gasteiger partial charge in [-0.05, 0) is 140 Å². The molecule has 0 aliphatic rings. The summed E-state index contributed by atoms with van der Waals surface area (Å²) in [7, 11) is 0. The SMILES string of the molecule is O=C(N=CC=NC(=O)c1cc(Br)c(Br)c(Br)c1C(=O)Br)c1cc(Br)c(Br)c(Br)c1C(=O)Br. The van der Waals surface area contributed by atoms with Crippen LogP contribution in [0.5, 0.6) is 0 Å². The first-order chi connectivity index (χ1) is 14.9. The first kappa shape index (κ1) is 28.5. The van der Waals surface area contributed by atoms with Crippen LogP contribution < -0.4 is 0 Å². The van der Waals surface area contributed by atoms with E-state index in [9.17, 15) is 19.2 Å². The van der Waals surface area contributed by atoms with Crippen LogP contribution in [0.25, 0.3) is 0 Å². The number of hydrogen-bond acceptors (Lipinski definition) is 4. The number of rotatable bonds is 5. The Morgan fingerprint density at radius 1 is 0.594 bits per heavy atom. The Bertz CT molecular complexity index is 1140. The summed E-state index contributed by atoms with van der Waals surface area (Å²) in [6, 6.07) is 2.88. The number of carbonyl (C=O) groups excluding carboxylic acids is 4. The number of nitrogens with zero attached hydrogens (tertiary/aromatic N) is 2. The molecular formula is C18H4Br8N2O4. The summed E-state index contributed by atoms with van der Waals surface area (Å²) in [4.78, 5) is 56.4. The van der Waals surface area contributed by atoms with Gasteiger partial charge in [-0.2, -0.15) is 0 Å². The monoisotopic (exact) mass is 943 g/mol. The molecule has 0 fully saturated rings. The fourth-order valence-corrected chi connectivity index (χ4v) is 6.83. The van der Waals surface area contributed by atoms with Gasteiger partial charge in [0.15, 0.2) is 0 Å². The number of aliphatic imine (C=N–C) groups is 2. The maximum Gasteiger partial charge on any atom is 0.277 e. The summed E-state index contributed by atoms with van der Waals surface area (Å²) < 4.78 is 1.87. The zero-order valence-corrected chi connectivity index (χ0v) is 27.5. The van der Waals surface area contributed by atoms with E-state index in [1.54, 1.807) is 0 Å². The van der Waals surface area contributed by atoms with Gasteiger partial charge in [-0.15, -0.1) is 0 Å². The highest BCUT2D eigenvalue weighted by Gasteiger charge is 2.23. The van der Waals surface area contributed by atoms with Gasteiger partial charge in [0, 0.05) is 39.3 Å². The van der Waals surface area contributed by atoms with Crippen LogP contribution in [0.4, 0.5) is 0 Å². The highest BCUT2D eigenvalue weighted by Crippen LogP contribution is 2.38. The van der Waals surface area contributed by atoms with Crippen LogP contribution in [0.15, 0.2) is 49.0 Å². The number of carbonyl (C=O) groups is 4. The summed E-state index contributed by atoms with van der Waals surface area (Å²) in [6.45, 7) is 0. The maximum absolute atomic E-state index is 12.5. The molecule has 6 nitrogen and oxygen atoms in total. The molecule has 0 radical (unpaired) electrons. The van der Waals surface area contributed by atoms with E-state index in [-0.39, 0.29) is 22.3 Å². The lowest BCUT2D eigenvalue weighted by atomic mass is 10.1. The average Bonchev–Trinajstić information content (AvgIpc) is 2.71. The normalized spacial score (nSPS) is 11.4. The topological polar surface area (TPSA) is 93.0 Å². The molecule has 0 saturated heterocycles. The molecule has 2 aromatic carbocycles. The Morgan fingerprint density at radius 2 is 0.906 bits per heavy atom. The van der Waals surface area contributed by atoms with Crippen LogP contribution in [-0.4, -0.2) is 33.6 Å². The van der Waals surface area contributed by atoms with Crippen molar-refractivity contribution in [1.82, 2.24) is 0 Å². The van der Waals surface area contributed by atoms with E-state index < -0.39 is 21.2 Å². The van der Waals surface area contributed by atoms with E-state index in [0.717, 1.165) is 12.4 Å². The zero-order chi connectivity index (χ0) is 24.3. The van der Waals surface area contributed by atoms with Gasteiger partial charge in [-0.3, -0.25) is 19.2 Å². The van der Waals surface area contributed by atoms with Crippen LogP contribution in [0.2, 0.25) is 0 Å². The molecular weight excluding hydrogens is 947 g/mol. The minimum absolute atomic E-state index is 0.0257. The molecule has 0 unspecified atom stereocenters. The lowest BCUT2D eigenvalue weighted by Crippen LogP contribution is -2.07. The fourth-order valence-electron chi connectivity index (χ4n) is 2.25. The van der Waals surface area contributed by atoms with E-state index in [2.05, 4.69) is 137 Å². The Hall–Kier alpha value is 0.300. The fraction of sp³-hybridized carbons (Fsp3) is 0. The second kappa shape index (κ2) is 12.3. The van der Waals surface area contributed by atoms with Crippen molar-refractivity contribution < 1.29 is 19.2 Å². The summed E-state index contributed by atoms with van der Waals surface area (Å²) in [5.74, 6) is -1.46. The van der Waals surface area contributed by atoms with Crippen molar-refractivity contribution in [3.05, 3.63) is 61.2 Å². The van der Waals surface area contributed by atoms with Gasteiger partial charge >= 0.3 is 0 Å². The molecule has 32 heavy (non-hydrogen) atoms. The molecule has 2 aromatic rings. The molecule has 0 bridgehead atoms. The van der Waals surface area contributed by atoms with Gasteiger partial charge in [0.1, 0.15) is 0 Å².